The van der Waals surface area contributed by atoms with Crippen molar-refractivity contribution in [3.63, 3.8) is 0 Å². The van der Waals surface area contributed by atoms with E-state index in [1.54, 1.807) is 0 Å². The number of hydrogen-bond acceptors (Lipinski definition) is 4. The highest BCUT2D eigenvalue weighted by Gasteiger charge is 2.17. The highest BCUT2D eigenvalue weighted by Crippen LogP contribution is 2.36. The number of benzene rings is 3. The number of aromatic nitrogens is 1. The molecule has 0 radical (unpaired) electrons. The molecule has 0 N–H and O–H groups in total. The Labute approximate surface area is 239 Å². The Bertz CT molecular complexity index is 1350. The Hall–Kier alpha value is -3.44. The number of aryl methyl sites for hydroxylation is 1. The summed E-state index contributed by atoms with van der Waals surface area (Å²) in [4.78, 5) is 2.51. The zero-order valence-electron chi connectivity index (χ0n) is 24.5. The minimum absolute atomic E-state index is 0.664. The SMILES string of the molecule is CCCCOc1ccc2c(c1)c(C)c(-c1ccc(OCC)cc1)n2Cc1ccc(OCCN2CCCCC2)cc1. The van der Waals surface area contributed by atoms with Crippen LogP contribution in [-0.4, -0.2) is 48.9 Å². The van der Waals surface area contributed by atoms with Gasteiger partial charge in [0, 0.05) is 24.0 Å². The van der Waals surface area contributed by atoms with Crippen LogP contribution in [0.25, 0.3) is 22.2 Å². The van der Waals surface area contributed by atoms with Crippen molar-refractivity contribution in [1.82, 2.24) is 9.47 Å². The fourth-order valence-corrected chi connectivity index (χ4v) is 5.69. The molecule has 40 heavy (non-hydrogen) atoms. The summed E-state index contributed by atoms with van der Waals surface area (Å²) in [6.07, 6.45) is 6.18. The van der Waals surface area contributed by atoms with Crippen LogP contribution in [0.3, 0.4) is 0 Å². The van der Waals surface area contributed by atoms with Gasteiger partial charge in [0.15, 0.2) is 0 Å². The normalized spacial score (nSPS) is 14.0. The maximum absolute atomic E-state index is 6.09. The Morgan fingerprint density at radius 2 is 1.40 bits per heavy atom. The van der Waals surface area contributed by atoms with E-state index in [0.29, 0.717) is 6.61 Å². The van der Waals surface area contributed by atoms with E-state index in [-0.39, 0.29) is 0 Å². The van der Waals surface area contributed by atoms with Gasteiger partial charge < -0.3 is 18.8 Å². The average Bonchev–Trinajstić information content (AvgIpc) is 3.25. The fraction of sp³-hybridized carbons (Fsp3) is 0.429. The standard InChI is InChI=1S/C35H44N2O3/c1-4-6-23-39-32-18-19-34-33(25-32)27(3)35(29-12-16-30(17-13-29)38-5-2)37(34)26-28-10-14-31(15-11-28)40-24-22-36-20-8-7-9-21-36/h10-19,25H,4-9,20-24,26H2,1-3H3. The summed E-state index contributed by atoms with van der Waals surface area (Å²) in [5.41, 5.74) is 6.13. The molecule has 3 aromatic carbocycles. The zero-order chi connectivity index (χ0) is 27.7. The van der Waals surface area contributed by atoms with E-state index in [2.05, 4.69) is 90.0 Å². The molecule has 1 aliphatic heterocycles. The molecule has 0 saturated carbocycles. The summed E-state index contributed by atoms with van der Waals surface area (Å²) in [6, 6.07) is 23.6. The topological polar surface area (TPSA) is 35.9 Å². The molecular weight excluding hydrogens is 496 g/mol. The summed E-state index contributed by atoms with van der Waals surface area (Å²) < 4.78 is 20.3. The van der Waals surface area contributed by atoms with Crippen molar-refractivity contribution in [2.24, 2.45) is 0 Å². The summed E-state index contributed by atoms with van der Waals surface area (Å²) in [5.74, 6) is 2.77. The highest BCUT2D eigenvalue weighted by molar-refractivity contribution is 5.92. The number of piperidine rings is 1. The second-order valence-corrected chi connectivity index (χ2v) is 10.8. The maximum atomic E-state index is 6.09. The average molecular weight is 541 g/mol. The van der Waals surface area contributed by atoms with Crippen LogP contribution in [0.2, 0.25) is 0 Å². The third kappa shape index (κ3) is 6.82. The molecule has 5 heteroatoms. The first-order chi connectivity index (χ1) is 19.7. The van der Waals surface area contributed by atoms with E-state index < -0.39 is 0 Å². The summed E-state index contributed by atoms with van der Waals surface area (Å²) in [7, 11) is 0. The Morgan fingerprint density at radius 1 is 0.725 bits per heavy atom. The predicted molar refractivity (Wildman–Crippen MR) is 165 cm³/mol. The van der Waals surface area contributed by atoms with Gasteiger partial charge in [-0.05, 0) is 117 Å². The lowest BCUT2D eigenvalue weighted by atomic mass is 10.1. The summed E-state index contributed by atoms with van der Waals surface area (Å²) in [6.45, 7) is 12.8. The molecule has 4 aromatic rings. The van der Waals surface area contributed by atoms with E-state index in [0.717, 1.165) is 56.4 Å². The van der Waals surface area contributed by atoms with Crippen molar-refractivity contribution in [1.29, 1.82) is 0 Å². The molecule has 0 amide bonds. The van der Waals surface area contributed by atoms with Crippen LogP contribution in [-0.2, 0) is 6.54 Å². The van der Waals surface area contributed by atoms with E-state index in [9.17, 15) is 0 Å². The first-order valence-electron chi connectivity index (χ1n) is 15.1. The first-order valence-corrected chi connectivity index (χ1v) is 15.1. The second-order valence-electron chi connectivity index (χ2n) is 10.8. The lowest BCUT2D eigenvalue weighted by molar-refractivity contribution is 0.183. The smallest absolute Gasteiger partial charge is 0.120 e. The first kappa shape index (κ1) is 28.1. The maximum Gasteiger partial charge on any atom is 0.120 e. The van der Waals surface area contributed by atoms with E-state index in [1.165, 1.54) is 65.6 Å². The van der Waals surface area contributed by atoms with Gasteiger partial charge in [0.05, 0.1) is 18.9 Å². The fourth-order valence-electron chi connectivity index (χ4n) is 5.69. The zero-order valence-corrected chi connectivity index (χ0v) is 24.5. The van der Waals surface area contributed by atoms with Gasteiger partial charge in [-0.25, -0.2) is 0 Å². The van der Waals surface area contributed by atoms with Crippen molar-refractivity contribution in [2.45, 2.75) is 59.4 Å². The van der Waals surface area contributed by atoms with Crippen molar-refractivity contribution in [3.8, 4) is 28.5 Å². The van der Waals surface area contributed by atoms with Crippen molar-refractivity contribution < 1.29 is 14.2 Å². The van der Waals surface area contributed by atoms with Crippen LogP contribution in [0.4, 0.5) is 0 Å². The lowest BCUT2D eigenvalue weighted by Crippen LogP contribution is -2.33. The minimum atomic E-state index is 0.664. The minimum Gasteiger partial charge on any atom is -0.494 e. The number of ether oxygens (including phenoxy) is 3. The van der Waals surface area contributed by atoms with Crippen LogP contribution in [0.1, 0.15) is 57.1 Å². The monoisotopic (exact) mass is 540 g/mol. The van der Waals surface area contributed by atoms with Gasteiger partial charge >= 0.3 is 0 Å². The van der Waals surface area contributed by atoms with Gasteiger partial charge in [0.1, 0.15) is 23.9 Å². The van der Waals surface area contributed by atoms with Crippen molar-refractivity contribution >= 4 is 10.9 Å². The highest BCUT2D eigenvalue weighted by atomic mass is 16.5. The molecule has 0 atom stereocenters. The van der Waals surface area contributed by atoms with Gasteiger partial charge in [0.25, 0.3) is 0 Å². The Balaban J connectivity index is 1.39. The predicted octanol–water partition coefficient (Wildman–Crippen LogP) is 8.11. The quantitative estimate of drug-likeness (QED) is 0.161. The molecule has 1 saturated heterocycles. The van der Waals surface area contributed by atoms with Gasteiger partial charge in [-0.3, -0.25) is 4.90 Å². The van der Waals surface area contributed by atoms with Gasteiger partial charge in [-0.2, -0.15) is 0 Å². The molecule has 0 spiro atoms. The van der Waals surface area contributed by atoms with Gasteiger partial charge in [-0.1, -0.05) is 31.9 Å². The second kappa shape index (κ2) is 13.8. The molecule has 2 heterocycles. The summed E-state index contributed by atoms with van der Waals surface area (Å²) >= 11 is 0. The number of likely N-dealkylation sites (tertiary alicyclic amines) is 1. The van der Waals surface area contributed by atoms with E-state index in [1.807, 2.05) is 6.92 Å². The van der Waals surface area contributed by atoms with Crippen LogP contribution < -0.4 is 14.2 Å². The van der Waals surface area contributed by atoms with E-state index in [4.69, 9.17) is 14.2 Å². The molecule has 5 rings (SSSR count). The third-order valence-corrected chi connectivity index (χ3v) is 7.88. The summed E-state index contributed by atoms with van der Waals surface area (Å²) in [5, 5.41) is 1.23. The molecule has 5 nitrogen and oxygen atoms in total. The number of rotatable bonds is 13. The number of hydrogen-bond donors (Lipinski definition) is 0. The lowest BCUT2D eigenvalue weighted by Gasteiger charge is -2.26. The number of nitrogens with zero attached hydrogens (tertiary/aromatic N) is 2. The molecule has 0 bridgehead atoms. The molecule has 212 valence electrons. The van der Waals surface area contributed by atoms with Crippen molar-refractivity contribution in [3.05, 3.63) is 77.9 Å². The van der Waals surface area contributed by atoms with Gasteiger partial charge in [-0.15, -0.1) is 0 Å². The number of fused-ring (bicyclic) bond motifs is 1. The molecule has 1 aromatic heterocycles. The number of unbranched alkanes of at least 4 members (excludes halogenated alkanes) is 1. The Kier molecular flexibility index (Phi) is 9.67. The molecule has 1 aliphatic rings. The van der Waals surface area contributed by atoms with Crippen LogP contribution >= 0.6 is 0 Å². The van der Waals surface area contributed by atoms with Crippen LogP contribution in [0.5, 0.6) is 17.2 Å². The van der Waals surface area contributed by atoms with Crippen LogP contribution in [0, 0.1) is 6.92 Å². The Morgan fingerprint density at radius 3 is 2.12 bits per heavy atom. The molecule has 1 fully saturated rings. The molecule has 0 unspecified atom stereocenters. The largest absolute Gasteiger partial charge is 0.494 e. The van der Waals surface area contributed by atoms with Crippen molar-refractivity contribution in [2.75, 3.05) is 39.5 Å². The third-order valence-electron chi connectivity index (χ3n) is 7.88. The molecule has 0 aliphatic carbocycles. The van der Waals surface area contributed by atoms with Crippen LogP contribution in [0.15, 0.2) is 66.7 Å². The van der Waals surface area contributed by atoms with Gasteiger partial charge in [0.2, 0.25) is 0 Å². The van der Waals surface area contributed by atoms with E-state index >= 15 is 0 Å². The molecular formula is C35H44N2O3.